The summed E-state index contributed by atoms with van der Waals surface area (Å²) in [4.78, 5) is 18.3. The minimum atomic E-state index is -4.61. The lowest BCUT2D eigenvalue weighted by molar-refractivity contribution is -0.141. The number of aromatic nitrogens is 1. The second-order valence-electron chi connectivity index (χ2n) is 9.62. The molecule has 8 nitrogen and oxygen atoms in total. The lowest BCUT2D eigenvalue weighted by atomic mass is 9.94. The Kier molecular flexibility index (Phi) is 8.85. The molecule has 2 aromatic rings. The first-order chi connectivity index (χ1) is 18.4. The molecule has 2 aliphatic heterocycles. The highest BCUT2D eigenvalue weighted by Crippen LogP contribution is 2.40. The molecule has 1 saturated heterocycles. The van der Waals surface area contributed by atoms with E-state index in [1.54, 1.807) is 31.5 Å². The summed E-state index contributed by atoms with van der Waals surface area (Å²) in [5.41, 5.74) is 0.318. The van der Waals surface area contributed by atoms with Gasteiger partial charge in [-0.15, -0.1) is 0 Å². The van der Waals surface area contributed by atoms with Crippen LogP contribution in [0, 0.1) is 11.8 Å². The third-order valence-electron chi connectivity index (χ3n) is 7.08. The van der Waals surface area contributed by atoms with Gasteiger partial charge in [0.15, 0.2) is 0 Å². The predicted octanol–water partition coefficient (Wildman–Crippen LogP) is 6.11. The SMILES string of the molecule is COC(=O)C[C@H]1[C@H](C)C(C(F)(F)F)=NN1c1ccc(O[C@@H]2CCN(c3cc(OC)ncc3Cl)C[C@@H]2C)c(Br)c1. The van der Waals surface area contributed by atoms with Crippen molar-refractivity contribution in [3.8, 4) is 11.6 Å². The number of rotatable bonds is 7. The normalized spacial score (nSPS) is 23.5. The zero-order valence-electron chi connectivity index (χ0n) is 21.8. The van der Waals surface area contributed by atoms with E-state index in [2.05, 4.69) is 37.8 Å². The molecule has 212 valence electrons. The predicted molar refractivity (Wildman–Crippen MR) is 146 cm³/mol. The maximum Gasteiger partial charge on any atom is 0.431 e. The molecule has 4 rings (SSSR count). The second kappa shape index (κ2) is 11.8. The fourth-order valence-corrected chi connectivity index (χ4v) is 5.61. The molecule has 3 heterocycles. The molecular weight excluding hydrogens is 605 g/mol. The number of carbonyl (C=O) groups is 1. The molecule has 0 spiro atoms. The number of ether oxygens (including phenoxy) is 3. The summed E-state index contributed by atoms with van der Waals surface area (Å²) < 4.78 is 57.7. The topological polar surface area (TPSA) is 76.5 Å². The Labute approximate surface area is 238 Å². The molecule has 1 aromatic heterocycles. The Bertz CT molecular complexity index is 1250. The van der Waals surface area contributed by atoms with Gasteiger partial charge in [-0.2, -0.15) is 18.3 Å². The van der Waals surface area contributed by atoms with E-state index < -0.39 is 29.8 Å². The van der Waals surface area contributed by atoms with Crippen molar-refractivity contribution >= 4 is 50.6 Å². The van der Waals surface area contributed by atoms with Crippen LogP contribution in [0.25, 0.3) is 0 Å². The van der Waals surface area contributed by atoms with Crippen molar-refractivity contribution < 1.29 is 32.2 Å². The Morgan fingerprint density at radius 1 is 1.23 bits per heavy atom. The lowest BCUT2D eigenvalue weighted by Crippen LogP contribution is -2.44. The second-order valence-corrected chi connectivity index (χ2v) is 10.9. The van der Waals surface area contributed by atoms with Crippen molar-refractivity contribution in [3.05, 3.63) is 40.0 Å². The number of halogens is 5. The number of alkyl halides is 3. The van der Waals surface area contributed by atoms with Gasteiger partial charge in [0.1, 0.15) is 17.6 Å². The summed E-state index contributed by atoms with van der Waals surface area (Å²) in [7, 11) is 2.76. The highest BCUT2D eigenvalue weighted by molar-refractivity contribution is 9.10. The smallest absolute Gasteiger partial charge is 0.431 e. The molecule has 4 atom stereocenters. The number of piperidine rings is 1. The van der Waals surface area contributed by atoms with Crippen molar-refractivity contribution in [2.75, 3.05) is 37.2 Å². The maximum absolute atomic E-state index is 13.6. The van der Waals surface area contributed by atoms with Gasteiger partial charge in [-0.25, -0.2) is 4.98 Å². The molecule has 0 amide bonds. The Morgan fingerprint density at radius 3 is 2.59 bits per heavy atom. The Hall–Kier alpha value is -2.73. The van der Waals surface area contributed by atoms with Crippen LogP contribution in [-0.4, -0.2) is 62.3 Å². The lowest BCUT2D eigenvalue weighted by Gasteiger charge is -2.38. The van der Waals surface area contributed by atoms with E-state index in [1.807, 2.05) is 6.07 Å². The summed E-state index contributed by atoms with van der Waals surface area (Å²) in [5.74, 6) is -0.440. The molecular formula is C26H29BrClF3N4O4. The molecule has 0 unspecified atom stereocenters. The van der Waals surface area contributed by atoms with Crippen LogP contribution in [0.1, 0.15) is 26.7 Å². The van der Waals surface area contributed by atoms with Crippen LogP contribution in [-0.2, 0) is 9.53 Å². The van der Waals surface area contributed by atoms with Gasteiger partial charge in [-0.1, -0.05) is 25.4 Å². The molecule has 0 saturated carbocycles. The van der Waals surface area contributed by atoms with Crippen LogP contribution < -0.4 is 19.4 Å². The van der Waals surface area contributed by atoms with Crippen molar-refractivity contribution in [1.29, 1.82) is 0 Å². The zero-order chi connectivity index (χ0) is 28.5. The first kappa shape index (κ1) is 29.3. The molecule has 39 heavy (non-hydrogen) atoms. The van der Waals surface area contributed by atoms with Gasteiger partial charge in [-0.3, -0.25) is 9.80 Å². The number of benzene rings is 1. The van der Waals surface area contributed by atoms with Crippen LogP contribution >= 0.6 is 27.5 Å². The van der Waals surface area contributed by atoms with Crippen molar-refractivity contribution in [1.82, 2.24) is 4.98 Å². The number of carbonyl (C=O) groups excluding carboxylic acids is 1. The monoisotopic (exact) mass is 632 g/mol. The van der Waals surface area contributed by atoms with Crippen LogP contribution in [0.15, 0.2) is 40.0 Å². The van der Waals surface area contributed by atoms with E-state index in [0.717, 1.165) is 12.1 Å². The van der Waals surface area contributed by atoms with Gasteiger partial charge in [0.05, 0.1) is 53.7 Å². The maximum atomic E-state index is 13.6. The number of nitrogens with zero attached hydrogens (tertiary/aromatic N) is 4. The minimum Gasteiger partial charge on any atom is -0.489 e. The van der Waals surface area contributed by atoms with E-state index in [1.165, 1.54) is 19.0 Å². The average molecular weight is 634 g/mol. The highest BCUT2D eigenvalue weighted by Gasteiger charge is 2.49. The molecule has 0 aliphatic carbocycles. The summed E-state index contributed by atoms with van der Waals surface area (Å²) in [6.45, 7) is 4.90. The van der Waals surface area contributed by atoms with E-state index in [4.69, 9.17) is 25.8 Å². The number of hydrogen-bond acceptors (Lipinski definition) is 8. The standard InChI is InChI=1S/C26H29BrClF3N4O4/c1-14-13-34(20-10-23(37-3)32-12-18(20)28)8-7-21(14)39-22-6-5-16(9-17(22)27)35-19(11-24(36)38-4)15(2)25(33-35)26(29,30)31/h5-6,9-10,12,14-15,19,21H,7-8,11,13H2,1-4H3/t14-,15-,19-,21+/m0/s1. The fourth-order valence-electron chi connectivity index (χ4n) is 4.93. The summed E-state index contributed by atoms with van der Waals surface area (Å²) in [5, 5.41) is 5.64. The van der Waals surface area contributed by atoms with E-state index in [0.29, 0.717) is 39.9 Å². The van der Waals surface area contributed by atoms with Crippen LogP contribution in [0.5, 0.6) is 11.6 Å². The van der Waals surface area contributed by atoms with Crippen molar-refractivity contribution in [3.63, 3.8) is 0 Å². The van der Waals surface area contributed by atoms with Gasteiger partial charge in [-0.05, 0) is 34.1 Å². The first-order valence-corrected chi connectivity index (χ1v) is 13.5. The van der Waals surface area contributed by atoms with Crippen molar-refractivity contribution in [2.45, 2.75) is 45.0 Å². The van der Waals surface area contributed by atoms with Crippen molar-refractivity contribution in [2.24, 2.45) is 16.9 Å². The van der Waals surface area contributed by atoms with Crippen LogP contribution in [0.3, 0.4) is 0 Å². The fraction of sp³-hybridized carbons (Fsp3) is 0.500. The van der Waals surface area contributed by atoms with Gasteiger partial charge < -0.3 is 19.1 Å². The van der Waals surface area contributed by atoms with Crippen LogP contribution in [0.4, 0.5) is 24.5 Å². The van der Waals surface area contributed by atoms with E-state index >= 15 is 0 Å². The third-order valence-corrected chi connectivity index (χ3v) is 7.99. The molecule has 2 aliphatic rings. The Morgan fingerprint density at radius 2 is 1.97 bits per heavy atom. The van der Waals surface area contributed by atoms with Gasteiger partial charge in [0.25, 0.3) is 0 Å². The number of esters is 1. The molecule has 0 radical (unpaired) electrons. The Balaban J connectivity index is 1.49. The number of hydrazone groups is 1. The van der Waals surface area contributed by atoms with Gasteiger partial charge in [0, 0.05) is 37.4 Å². The number of anilines is 2. The van der Waals surface area contributed by atoms with Gasteiger partial charge in [0.2, 0.25) is 5.88 Å². The number of methoxy groups -OCH3 is 2. The largest absolute Gasteiger partial charge is 0.489 e. The van der Waals surface area contributed by atoms with Crippen LogP contribution in [0.2, 0.25) is 5.02 Å². The van der Waals surface area contributed by atoms with E-state index in [-0.39, 0.29) is 18.4 Å². The summed E-state index contributed by atoms with van der Waals surface area (Å²) in [6, 6.07) is 5.96. The molecule has 1 fully saturated rings. The highest BCUT2D eigenvalue weighted by atomic mass is 79.9. The van der Waals surface area contributed by atoms with E-state index in [9.17, 15) is 18.0 Å². The zero-order valence-corrected chi connectivity index (χ0v) is 24.2. The molecule has 13 heteroatoms. The number of hydrogen-bond donors (Lipinski definition) is 0. The average Bonchev–Trinajstić information content (AvgIpc) is 3.22. The summed E-state index contributed by atoms with van der Waals surface area (Å²) >= 11 is 9.89. The molecule has 0 bridgehead atoms. The molecule has 0 N–H and O–H groups in total. The quantitative estimate of drug-likeness (QED) is 0.341. The van der Waals surface area contributed by atoms with Gasteiger partial charge >= 0.3 is 12.1 Å². The number of pyridine rings is 1. The molecule has 1 aromatic carbocycles. The summed E-state index contributed by atoms with van der Waals surface area (Å²) in [6.07, 6.45) is -2.65. The minimum absolute atomic E-state index is 0.0976. The third kappa shape index (κ3) is 6.37. The first-order valence-electron chi connectivity index (χ1n) is 12.3.